The summed E-state index contributed by atoms with van der Waals surface area (Å²) in [5.74, 6) is 0. The zero-order valence-corrected chi connectivity index (χ0v) is 17.5. The van der Waals surface area contributed by atoms with Gasteiger partial charge in [0.25, 0.3) is 0 Å². The highest BCUT2D eigenvalue weighted by Gasteiger charge is 2.34. The molecule has 0 spiro atoms. The van der Waals surface area contributed by atoms with Gasteiger partial charge in [0.2, 0.25) is 0 Å². The van der Waals surface area contributed by atoms with Crippen LogP contribution in [0.15, 0.2) is 24.5 Å². The van der Waals surface area contributed by atoms with E-state index in [0.717, 1.165) is 0 Å². The monoisotopic (exact) mass is 351 g/mol. The average Bonchev–Trinajstić information content (AvgIpc) is 3.15. The number of hydrogen-bond acceptors (Lipinski definition) is 1. The van der Waals surface area contributed by atoms with Gasteiger partial charge in [0.1, 0.15) is 0 Å². The molecule has 0 saturated heterocycles. The summed E-state index contributed by atoms with van der Waals surface area (Å²) in [6.45, 7) is 9.42. The number of aromatic nitrogens is 1. The van der Waals surface area contributed by atoms with Crippen LogP contribution in [0.4, 0.5) is 0 Å². The van der Waals surface area contributed by atoms with Gasteiger partial charge in [0.15, 0.2) is 6.19 Å². The van der Waals surface area contributed by atoms with E-state index in [-0.39, 0.29) is 0 Å². The summed E-state index contributed by atoms with van der Waals surface area (Å²) >= 11 is 0. The van der Waals surface area contributed by atoms with Gasteiger partial charge in [0.05, 0.1) is 24.6 Å². The summed E-state index contributed by atoms with van der Waals surface area (Å²) in [4.78, 5) is 0. The van der Waals surface area contributed by atoms with Crippen molar-refractivity contribution in [2.24, 2.45) is 0 Å². The van der Waals surface area contributed by atoms with Crippen molar-refractivity contribution in [3.63, 3.8) is 0 Å². The number of nitrogens with zero attached hydrogens (tertiary/aromatic N) is 2. The van der Waals surface area contributed by atoms with Crippen LogP contribution in [-0.4, -0.2) is 29.2 Å². The van der Waals surface area contributed by atoms with E-state index in [1.165, 1.54) is 55.9 Å². The molecule has 0 N–H and O–H groups in total. The number of nitriles is 1. The zero-order chi connectivity index (χ0) is 18.1. The number of hydrogen-bond donors (Lipinski definition) is 0. The SMILES string of the molecule is CCCC[P+](CCCC)(CCCC)CCCC.N#Cn1cccc1. The molecule has 2 nitrogen and oxygen atoms in total. The average molecular weight is 352 g/mol. The molecule has 0 amide bonds. The van der Waals surface area contributed by atoms with Gasteiger partial charge in [-0.25, -0.2) is 0 Å². The molecule has 3 heteroatoms. The topological polar surface area (TPSA) is 28.7 Å². The van der Waals surface area contributed by atoms with Gasteiger partial charge in [-0.2, -0.15) is 5.26 Å². The van der Waals surface area contributed by atoms with Crippen molar-refractivity contribution in [3.05, 3.63) is 24.5 Å². The summed E-state index contributed by atoms with van der Waals surface area (Å²) in [5.41, 5.74) is 0. The first-order valence-electron chi connectivity index (χ1n) is 10.1. The molecule has 24 heavy (non-hydrogen) atoms. The molecular weight excluding hydrogens is 311 g/mol. The Hall–Kier alpha value is -0.800. The minimum Gasteiger partial charge on any atom is -0.262 e. The maximum Gasteiger partial charge on any atom is 0.188 e. The first-order valence-corrected chi connectivity index (χ1v) is 12.6. The van der Waals surface area contributed by atoms with Crippen LogP contribution in [0.1, 0.15) is 79.1 Å². The predicted octanol–water partition coefficient (Wildman–Crippen LogP) is 7.02. The lowest BCUT2D eigenvalue weighted by molar-refractivity contribution is 0.814. The molecule has 0 saturated carbocycles. The second-order valence-corrected chi connectivity index (χ2v) is 11.3. The van der Waals surface area contributed by atoms with Crippen LogP contribution in [0.3, 0.4) is 0 Å². The van der Waals surface area contributed by atoms with Crippen LogP contribution < -0.4 is 0 Å². The van der Waals surface area contributed by atoms with E-state index in [4.69, 9.17) is 5.26 Å². The fourth-order valence-electron chi connectivity index (χ4n) is 3.05. The number of rotatable bonds is 12. The van der Waals surface area contributed by atoms with Crippen molar-refractivity contribution in [1.29, 1.82) is 5.26 Å². The second-order valence-electron chi connectivity index (χ2n) is 6.84. The van der Waals surface area contributed by atoms with Crippen molar-refractivity contribution in [3.8, 4) is 6.19 Å². The molecule has 138 valence electrons. The van der Waals surface area contributed by atoms with E-state index in [1.54, 1.807) is 37.0 Å². The van der Waals surface area contributed by atoms with Crippen molar-refractivity contribution < 1.29 is 0 Å². The minimum atomic E-state index is -0.562. The third-order valence-corrected chi connectivity index (χ3v) is 9.72. The molecule has 0 atom stereocenters. The standard InChI is InChI=1S/C16H36P.C5H4N2/c1-5-9-13-17(14-10-6-2,15-11-7-3)16-12-8-4;6-5-7-3-1-2-4-7/h5-16H2,1-4H3;1-4H/q+1;. The smallest absolute Gasteiger partial charge is 0.188 e. The van der Waals surface area contributed by atoms with Crippen molar-refractivity contribution in [1.82, 2.24) is 4.57 Å². The molecule has 1 aromatic heterocycles. The molecule has 1 heterocycles. The van der Waals surface area contributed by atoms with Crippen molar-refractivity contribution in [2.45, 2.75) is 79.1 Å². The van der Waals surface area contributed by atoms with Gasteiger partial charge in [-0.3, -0.25) is 4.57 Å². The Morgan fingerprint density at radius 1 is 0.708 bits per heavy atom. The molecule has 0 bridgehead atoms. The molecule has 1 rings (SSSR count). The Labute approximate surface area is 152 Å². The highest BCUT2D eigenvalue weighted by atomic mass is 31.2. The molecule has 1 aromatic rings. The predicted molar refractivity (Wildman–Crippen MR) is 111 cm³/mol. The highest BCUT2D eigenvalue weighted by Crippen LogP contribution is 2.61. The molecule has 0 unspecified atom stereocenters. The van der Waals surface area contributed by atoms with Crippen LogP contribution >= 0.6 is 7.26 Å². The molecule has 0 aliphatic rings. The van der Waals surface area contributed by atoms with Crippen LogP contribution in [-0.2, 0) is 0 Å². The Bertz CT molecular complexity index is 368. The van der Waals surface area contributed by atoms with E-state index < -0.39 is 7.26 Å². The fraction of sp³-hybridized carbons (Fsp3) is 0.762. The summed E-state index contributed by atoms with van der Waals surface area (Å²) in [7, 11) is -0.562. The number of unbranched alkanes of at least 4 members (excludes halogenated alkanes) is 4. The van der Waals surface area contributed by atoms with E-state index >= 15 is 0 Å². The Balaban J connectivity index is 0.000000620. The molecule has 0 aliphatic heterocycles. The highest BCUT2D eigenvalue weighted by molar-refractivity contribution is 7.75. The van der Waals surface area contributed by atoms with E-state index in [9.17, 15) is 0 Å². The first-order chi connectivity index (χ1) is 11.7. The molecule has 0 aliphatic carbocycles. The maximum atomic E-state index is 8.14. The van der Waals surface area contributed by atoms with Crippen molar-refractivity contribution in [2.75, 3.05) is 24.6 Å². The Morgan fingerprint density at radius 3 is 1.25 bits per heavy atom. The Kier molecular flexibility index (Phi) is 15.2. The van der Waals surface area contributed by atoms with Gasteiger partial charge in [-0.05, 0) is 37.8 Å². The zero-order valence-electron chi connectivity index (χ0n) is 16.6. The van der Waals surface area contributed by atoms with Gasteiger partial charge in [-0.1, -0.05) is 53.4 Å². The summed E-state index contributed by atoms with van der Waals surface area (Å²) in [5, 5.41) is 8.14. The quantitative estimate of drug-likeness (QED) is 0.372. The lowest BCUT2D eigenvalue weighted by Crippen LogP contribution is -2.12. The molecule has 0 fully saturated rings. The largest absolute Gasteiger partial charge is 0.262 e. The van der Waals surface area contributed by atoms with Crippen molar-refractivity contribution >= 4 is 7.26 Å². The normalized spacial score (nSPS) is 10.8. The van der Waals surface area contributed by atoms with Gasteiger partial charge >= 0.3 is 0 Å². The lowest BCUT2D eigenvalue weighted by atomic mass is 10.4. The third-order valence-electron chi connectivity index (χ3n) is 4.66. The van der Waals surface area contributed by atoms with E-state index in [2.05, 4.69) is 27.7 Å². The van der Waals surface area contributed by atoms with Gasteiger partial charge in [-0.15, -0.1) is 0 Å². The minimum absolute atomic E-state index is 0.562. The van der Waals surface area contributed by atoms with Gasteiger partial charge in [0, 0.05) is 19.7 Å². The first kappa shape index (κ1) is 23.2. The molecular formula is C21H40N2P+. The summed E-state index contributed by atoms with van der Waals surface area (Å²) in [6.07, 6.45) is 23.3. The fourth-order valence-corrected chi connectivity index (χ4v) is 8.34. The van der Waals surface area contributed by atoms with Crippen LogP contribution in [0.5, 0.6) is 0 Å². The summed E-state index contributed by atoms with van der Waals surface area (Å²) < 4.78 is 1.43. The third kappa shape index (κ3) is 10.9. The lowest BCUT2D eigenvalue weighted by Gasteiger charge is -2.28. The molecule has 0 aromatic carbocycles. The maximum absolute atomic E-state index is 8.14. The van der Waals surface area contributed by atoms with E-state index in [1.807, 2.05) is 18.3 Å². The van der Waals surface area contributed by atoms with Crippen LogP contribution in [0.25, 0.3) is 0 Å². The van der Waals surface area contributed by atoms with Crippen LogP contribution in [0.2, 0.25) is 0 Å². The van der Waals surface area contributed by atoms with E-state index in [0.29, 0.717) is 0 Å². The van der Waals surface area contributed by atoms with Crippen LogP contribution in [0, 0.1) is 11.5 Å². The van der Waals surface area contributed by atoms with Gasteiger partial charge < -0.3 is 0 Å². The second kappa shape index (κ2) is 15.7. The molecule has 0 radical (unpaired) electrons. The Morgan fingerprint density at radius 2 is 1.04 bits per heavy atom. The summed E-state index contributed by atoms with van der Waals surface area (Å²) in [6, 6.07) is 3.62.